The fraction of sp³-hybridized carbons (Fsp3) is 0. The van der Waals surface area contributed by atoms with Crippen LogP contribution in [0.25, 0.3) is 134 Å². The molecule has 0 N–H and O–H groups in total. The second-order valence-corrected chi connectivity index (χ2v) is 17.8. The maximum absolute atomic E-state index is 10.6. The highest BCUT2D eigenvalue weighted by Crippen LogP contribution is 2.52. The smallest absolute Gasteiger partial charge is 0.164 e. The first-order valence-corrected chi connectivity index (χ1v) is 23.6. The molecule has 1 aliphatic carbocycles. The Morgan fingerprint density at radius 3 is 1.40 bits per heavy atom. The number of nitrogens with zero attached hydrogens (tertiary/aromatic N) is 4. The summed E-state index contributed by atoms with van der Waals surface area (Å²) in [7, 11) is 0. The third-order valence-electron chi connectivity index (χ3n) is 13.7. The van der Waals surface area contributed by atoms with E-state index in [2.05, 4.69) is 212 Å². The molecule has 0 fully saturated rings. The minimum absolute atomic E-state index is 0.598. The molecule has 1 heterocycles. The molecule has 0 unspecified atom stereocenters. The van der Waals surface area contributed by atoms with Gasteiger partial charge in [0, 0.05) is 22.3 Å². The Kier molecular flexibility index (Phi) is 9.85. The van der Waals surface area contributed by atoms with Crippen LogP contribution in [0.15, 0.2) is 243 Å². The summed E-state index contributed by atoms with van der Waals surface area (Å²) in [4.78, 5) is 15.2. The number of aromatic nitrogens is 3. The molecule has 0 saturated carbocycles. The molecule has 70 heavy (non-hydrogen) atoms. The van der Waals surface area contributed by atoms with E-state index in [0.29, 0.717) is 23.0 Å². The van der Waals surface area contributed by atoms with E-state index < -0.39 is 0 Å². The van der Waals surface area contributed by atoms with Crippen LogP contribution in [0.3, 0.4) is 0 Å². The first-order valence-electron chi connectivity index (χ1n) is 23.6. The highest BCUT2D eigenvalue weighted by atomic mass is 15.0. The second kappa shape index (κ2) is 16.9. The van der Waals surface area contributed by atoms with Crippen LogP contribution in [-0.4, -0.2) is 15.0 Å². The van der Waals surface area contributed by atoms with Gasteiger partial charge < -0.3 is 0 Å². The minimum Gasteiger partial charge on any atom is -0.208 e. The monoisotopic (exact) mass is 888 g/mol. The number of rotatable bonds is 8. The molecule has 11 aromatic carbocycles. The number of hydrogen-bond acceptors (Lipinski definition) is 4. The quantitative estimate of drug-likeness (QED) is 0.152. The Hall–Kier alpha value is -9.56. The van der Waals surface area contributed by atoms with Gasteiger partial charge in [0.1, 0.15) is 0 Å². The Morgan fingerprint density at radius 1 is 0.257 bits per heavy atom. The molecule has 13 rings (SSSR count). The first kappa shape index (κ1) is 40.7. The average molecular weight is 889 g/mol. The summed E-state index contributed by atoms with van der Waals surface area (Å²) in [6.45, 7) is 0. The van der Waals surface area contributed by atoms with Crippen LogP contribution in [-0.2, 0) is 0 Å². The standard InChI is InChI=1S/C66H40N4/c67-41-54-36-35-52(40-61(54)56-24-7-6-23-55(56)57-26-12-27-59-58-25-10-17-44-18-11-28-60(62(44)58)63(57)59)49-20-8-19-48(38-49)50-21-9-22-53(39-50)66-69-64(45-14-2-1-3-15-45)68-65(70-66)46-32-29-43(30-33-46)51-34-31-42-13-4-5-16-47(42)37-51/h1-40H. The Balaban J connectivity index is 0.854. The van der Waals surface area contributed by atoms with Crippen molar-refractivity contribution < 1.29 is 0 Å². The third kappa shape index (κ3) is 7.13. The van der Waals surface area contributed by atoms with Crippen LogP contribution in [0.1, 0.15) is 5.56 Å². The van der Waals surface area contributed by atoms with Gasteiger partial charge in [0.15, 0.2) is 17.5 Å². The Bertz CT molecular complexity index is 4070. The largest absolute Gasteiger partial charge is 0.208 e. The van der Waals surface area contributed by atoms with Gasteiger partial charge in [0.2, 0.25) is 0 Å². The Labute approximate surface area is 406 Å². The van der Waals surface area contributed by atoms with E-state index >= 15 is 0 Å². The van der Waals surface area contributed by atoms with Crippen molar-refractivity contribution in [3.8, 4) is 118 Å². The normalized spacial score (nSPS) is 11.4. The number of benzene rings is 11. The summed E-state index contributed by atoms with van der Waals surface area (Å²) in [5, 5.41) is 15.5. The molecule has 1 aliphatic rings. The maximum Gasteiger partial charge on any atom is 0.164 e. The molecule has 0 atom stereocenters. The average Bonchev–Trinajstić information content (AvgIpc) is 3.78. The van der Waals surface area contributed by atoms with Gasteiger partial charge in [0.05, 0.1) is 11.6 Å². The van der Waals surface area contributed by atoms with Gasteiger partial charge in [-0.3, -0.25) is 0 Å². The molecule has 0 radical (unpaired) electrons. The van der Waals surface area contributed by atoms with Gasteiger partial charge in [-0.2, -0.15) is 5.26 Å². The molecule has 4 nitrogen and oxygen atoms in total. The van der Waals surface area contributed by atoms with Crippen molar-refractivity contribution in [1.29, 1.82) is 5.26 Å². The van der Waals surface area contributed by atoms with Crippen molar-refractivity contribution in [2.45, 2.75) is 0 Å². The lowest BCUT2D eigenvalue weighted by molar-refractivity contribution is 1.07. The van der Waals surface area contributed by atoms with Gasteiger partial charge >= 0.3 is 0 Å². The van der Waals surface area contributed by atoms with Crippen molar-refractivity contribution in [2.75, 3.05) is 0 Å². The molecule has 0 saturated heterocycles. The van der Waals surface area contributed by atoms with E-state index in [0.717, 1.165) is 72.3 Å². The summed E-state index contributed by atoms with van der Waals surface area (Å²) in [5.41, 5.74) is 19.0. The molecule has 0 amide bonds. The first-order chi connectivity index (χ1) is 34.6. The van der Waals surface area contributed by atoms with Crippen LogP contribution in [0.5, 0.6) is 0 Å². The summed E-state index contributed by atoms with van der Waals surface area (Å²) < 4.78 is 0. The molecular weight excluding hydrogens is 849 g/mol. The number of hydrogen-bond donors (Lipinski definition) is 0. The topological polar surface area (TPSA) is 62.5 Å². The predicted octanol–water partition coefficient (Wildman–Crippen LogP) is 17.0. The minimum atomic E-state index is 0.598. The molecule has 1 aromatic heterocycles. The lowest BCUT2D eigenvalue weighted by Crippen LogP contribution is -2.00. The molecule has 0 bridgehead atoms. The highest BCUT2D eigenvalue weighted by molar-refractivity contribution is 6.18. The lowest BCUT2D eigenvalue weighted by atomic mass is 9.86. The van der Waals surface area contributed by atoms with E-state index in [9.17, 15) is 5.26 Å². The summed E-state index contributed by atoms with van der Waals surface area (Å²) in [6.07, 6.45) is 0. The van der Waals surface area contributed by atoms with E-state index in [1.807, 2.05) is 36.4 Å². The van der Waals surface area contributed by atoms with Crippen LogP contribution < -0.4 is 0 Å². The van der Waals surface area contributed by atoms with Gasteiger partial charge in [-0.1, -0.05) is 212 Å². The third-order valence-corrected chi connectivity index (χ3v) is 13.7. The molecule has 12 aromatic rings. The zero-order chi connectivity index (χ0) is 46.5. The van der Waals surface area contributed by atoms with E-state index in [-0.39, 0.29) is 0 Å². The highest BCUT2D eigenvalue weighted by Gasteiger charge is 2.25. The van der Waals surface area contributed by atoms with E-state index in [1.54, 1.807) is 0 Å². The van der Waals surface area contributed by atoms with Crippen LogP contribution in [0.2, 0.25) is 0 Å². The van der Waals surface area contributed by atoms with Crippen molar-refractivity contribution in [1.82, 2.24) is 15.0 Å². The van der Waals surface area contributed by atoms with Crippen molar-refractivity contribution >= 4 is 21.5 Å². The van der Waals surface area contributed by atoms with E-state index in [1.165, 1.54) is 43.8 Å². The zero-order valence-corrected chi connectivity index (χ0v) is 37.9. The lowest BCUT2D eigenvalue weighted by Gasteiger charge is -2.17. The SMILES string of the molecule is N#Cc1ccc(-c2cccc(-c3cccc(-c4nc(-c5ccccc5)nc(-c5ccc(-c6ccc7ccccc7c6)cc5)n4)c3)c2)cc1-c1ccccc1-c1cccc2c1-c1cccc3cccc-2c13. The van der Waals surface area contributed by atoms with Crippen LogP contribution in [0.4, 0.5) is 0 Å². The molecule has 0 spiro atoms. The van der Waals surface area contributed by atoms with Crippen molar-refractivity contribution in [2.24, 2.45) is 0 Å². The Morgan fingerprint density at radius 2 is 0.686 bits per heavy atom. The second-order valence-electron chi connectivity index (χ2n) is 17.8. The number of fused-ring (bicyclic) bond motifs is 4. The predicted molar refractivity (Wildman–Crippen MR) is 287 cm³/mol. The van der Waals surface area contributed by atoms with Crippen molar-refractivity contribution in [3.05, 3.63) is 248 Å². The molecule has 4 heteroatoms. The van der Waals surface area contributed by atoms with Gasteiger partial charge in [0.25, 0.3) is 0 Å². The summed E-state index contributed by atoms with van der Waals surface area (Å²) >= 11 is 0. The van der Waals surface area contributed by atoms with Gasteiger partial charge in [-0.15, -0.1) is 0 Å². The van der Waals surface area contributed by atoms with E-state index in [4.69, 9.17) is 15.0 Å². The van der Waals surface area contributed by atoms with Gasteiger partial charge in [-0.05, 0) is 124 Å². The van der Waals surface area contributed by atoms with Crippen molar-refractivity contribution in [3.63, 3.8) is 0 Å². The fourth-order valence-corrected chi connectivity index (χ4v) is 10.3. The molecule has 324 valence electrons. The number of nitriles is 1. The molecule has 0 aliphatic heterocycles. The maximum atomic E-state index is 10.6. The van der Waals surface area contributed by atoms with Crippen LogP contribution in [0, 0.1) is 11.3 Å². The summed E-state index contributed by atoms with van der Waals surface area (Å²) in [5.74, 6) is 1.82. The zero-order valence-electron chi connectivity index (χ0n) is 37.9. The summed E-state index contributed by atoms with van der Waals surface area (Å²) in [6, 6.07) is 87.6. The molecular formula is C66H40N4. The van der Waals surface area contributed by atoms with Crippen LogP contribution >= 0.6 is 0 Å². The fourth-order valence-electron chi connectivity index (χ4n) is 10.3. The van der Waals surface area contributed by atoms with Gasteiger partial charge in [-0.25, -0.2) is 15.0 Å².